The first-order valence-corrected chi connectivity index (χ1v) is 26.3. The number of rotatable bonds is 5. The van der Waals surface area contributed by atoms with Gasteiger partial charge in [-0.15, -0.1) is 0 Å². The molecule has 1 aromatic heterocycles. The van der Waals surface area contributed by atoms with Crippen molar-refractivity contribution in [2.24, 2.45) is 0 Å². The van der Waals surface area contributed by atoms with Gasteiger partial charge in [-0.25, -0.2) is 0 Å². The van der Waals surface area contributed by atoms with Crippen LogP contribution < -0.4 is 31.1 Å². The molecule has 3 aliphatic heterocycles. The third-order valence-corrected chi connectivity index (χ3v) is 14.7. The number of nitrogens with zero attached hydrogens (tertiary/aromatic N) is 4. The molecule has 14 rings (SSSR count). The van der Waals surface area contributed by atoms with Crippen LogP contribution in [0.25, 0.3) is 49.4 Å². The van der Waals surface area contributed by atoms with Crippen molar-refractivity contribution in [1.82, 2.24) is 4.57 Å². The van der Waals surface area contributed by atoms with Gasteiger partial charge in [0.15, 0.2) is 0 Å². The van der Waals surface area contributed by atoms with Crippen molar-refractivity contribution in [3.63, 3.8) is 0 Å². The molecule has 0 aliphatic carbocycles. The Morgan fingerprint density at radius 3 is 1.64 bits per heavy atom. The van der Waals surface area contributed by atoms with E-state index in [1.165, 1.54) is 16.4 Å². The summed E-state index contributed by atoms with van der Waals surface area (Å²) in [5, 5.41) is -1.45. The summed E-state index contributed by atoms with van der Waals surface area (Å²) in [5.74, 6) is 0. The average molecular weight is 1070 g/mol. The second kappa shape index (κ2) is 17.4. The van der Waals surface area contributed by atoms with E-state index in [2.05, 4.69) is 0 Å². The van der Waals surface area contributed by atoms with Crippen molar-refractivity contribution in [3.8, 4) is 16.8 Å². The first-order chi connectivity index (χ1) is 51.5. The fourth-order valence-corrected chi connectivity index (χ4v) is 10.6. The third kappa shape index (κ3) is 7.71. The van der Waals surface area contributed by atoms with Gasteiger partial charge in [0, 0.05) is 50.6 Å². The van der Waals surface area contributed by atoms with Crippen LogP contribution in [0.2, 0.25) is 0 Å². The van der Waals surface area contributed by atoms with E-state index in [1.807, 2.05) is 0 Å². The molecule has 11 aromatic rings. The number of benzene rings is 10. The van der Waals surface area contributed by atoms with Gasteiger partial charge in [-0.05, 0) is 185 Å². The number of aromatic nitrogens is 1. The summed E-state index contributed by atoms with van der Waals surface area (Å²) in [6.07, 6.45) is 0. The lowest BCUT2D eigenvalue weighted by atomic mass is 9.33. The molecule has 0 bridgehead atoms. The molecule has 4 nitrogen and oxygen atoms in total. The van der Waals surface area contributed by atoms with Crippen molar-refractivity contribution in [2.75, 3.05) is 14.7 Å². The van der Waals surface area contributed by atoms with E-state index < -0.39 is 288 Å². The Labute approximate surface area is 519 Å². The van der Waals surface area contributed by atoms with Crippen LogP contribution in [0.15, 0.2) is 193 Å². The Bertz CT molecular complexity index is 6140. The number of hydrogen-bond acceptors (Lipinski definition) is 3. The molecule has 0 saturated carbocycles. The van der Waals surface area contributed by atoms with Crippen molar-refractivity contribution in [1.29, 1.82) is 0 Å². The SMILES string of the molecule is [2H]c1c([2H])c2c3c(c1[2H])-n1c4c([2H])c([2H])c(C(C)(C)C)c([2H])c4c4c([2H])c(C(C)(C)C)c([2H])c(c41)N3c1c([2H])c(C)c([2H])c3c1B2c1c([2H])c([2H])c(N(c2c([2H])c([2H])c(C(C)(C)C)c([2H])c2[2H])c2c([2H])c([2H])c(C(C)(C)C)c([2H])c2[2H])c([2H])c1N3c1c([2H])c([2H])c(-c2c([2H])c([2H])c([2H])c3c([2H])c([2H])c([2H])c([2H])c23)c([2H])c1[2H]. The summed E-state index contributed by atoms with van der Waals surface area (Å²) in [6, 6.07) is -26.9. The zero-order valence-corrected chi connectivity index (χ0v) is 46.4. The minimum Gasteiger partial charge on any atom is -0.311 e. The Morgan fingerprint density at radius 1 is 0.412 bits per heavy atom. The largest absolute Gasteiger partial charge is 0.311 e. The minimum absolute atomic E-state index is 0.0144. The summed E-state index contributed by atoms with van der Waals surface area (Å²) in [7, 11) is 0. The van der Waals surface area contributed by atoms with Crippen molar-refractivity contribution >= 4 is 107 Å². The predicted molar refractivity (Wildman–Crippen MR) is 346 cm³/mol. The highest BCUT2D eigenvalue weighted by Gasteiger charge is 2.47. The molecular formula is C75H71BN4. The maximum atomic E-state index is 11.2. The molecule has 3 aliphatic rings. The summed E-state index contributed by atoms with van der Waals surface area (Å²) < 4.78 is 319. The molecule has 0 saturated heterocycles. The average Bonchev–Trinajstić information content (AvgIpc) is 1.53. The van der Waals surface area contributed by atoms with E-state index in [0.29, 0.717) is 4.90 Å². The number of para-hydroxylation sites is 1. The van der Waals surface area contributed by atoms with Gasteiger partial charge in [-0.1, -0.05) is 186 Å². The molecule has 0 fully saturated rings. The van der Waals surface area contributed by atoms with Gasteiger partial charge in [0.1, 0.15) is 0 Å². The van der Waals surface area contributed by atoms with E-state index in [1.54, 1.807) is 83.1 Å². The highest BCUT2D eigenvalue weighted by molar-refractivity contribution is 7.00. The molecule has 0 amide bonds. The second-order valence-corrected chi connectivity index (χ2v) is 24.6. The van der Waals surface area contributed by atoms with Crippen LogP contribution in [0.3, 0.4) is 0 Å². The van der Waals surface area contributed by atoms with Crippen LogP contribution in [0.1, 0.15) is 155 Å². The Kier molecular flexibility index (Phi) is 5.71. The van der Waals surface area contributed by atoms with Gasteiger partial charge >= 0.3 is 0 Å². The molecule has 394 valence electrons. The number of hydrogen-bond donors (Lipinski definition) is 0. The van der Waals surface area contributed by atoms with Crippen LogP contribution in [-0.2, 0) is 21.7 Å². The van der Waals surface area contributed by atoms with Crippen LogP contribution >= 0.6 is 0 Å². The molecule has 0 unspecified atom stereocenters. The van der Waals surface area contributed by atoms with Crippen LogP contribution in [-0.4, -0.2) is 11.3 Å². The maximum absolute atomic E-state index is 11.2. The first kappa shape index (κ1) is 26.3. The summed E-state index contributed by atoms with van der Waals surface area (Å²) >= 11 is 0. The quantitative estimate of drug-likeness (QED) is 0.160. The van der Waals surface area contributed by atoms with E-state index in [4.69, 9.17) is 6.85 Å². The van der Waals surface area contributed by atoms with E-state index in [-0.39, 0.29) is 78.8 Å². The van der Waals surface area contributed by atoms with E-state index in [9.17, 15) is 37.0 Å². The smallest absolute Gasteiger partial charge is 0.252 e. The normalized spacial score (nSPS) is 19.3. The van der Waals surface area contributed by atoms with Crippen molar-refractivity contribution in [2.45, 2.75) is 112 Å². The molecule has 80 heavy (non-hydrogen) atoms. The lowest BCUT2D eigenvalue weighted by Crippen LogP contribution is -2.61. The fourth-order valence-electron chi connectivity index (χ4n) is 10.6. The van der Waals surface area contributed by atoms with Gasteiger partial charge < -0.3 is 19.3 Å². The number of anilines is 9. The summed E-state index contributed by atoms with van der Waals surface area (Å²) in [4.78, 5) is 2.71. The molecule has 4 heterocycles. The van der Waals surface area contributed by atoms with Crippen LogP contribution in [0, 0.1) is 6.92 Å². The van der Waals surface area contributed by atoms with Gasteiger partial charge in [-0.2, -0.15) is 0 Å². The van der Waals surface area contributed by atoms with Gasteiger partial charge in [0.25, 0.3) is 6.71 Å². The highest BCUT2D eigenvalue weighted by atomic mass is 15.2. The van der Waals surface area contributed by atoms with E-state index >= 15 is 0 Å². The zero-order chi connectivity index (χ0) is 83.4. The fraction of sp³-hybridized carbons (Fsp3) is 0.227. The lowest BCUT2D eigenvalue weighted by molar-refractivity contribution is 0.590. The molecule has 5 heteroatoms. The topological polar surface area (TPSA) is 14.7 Å². The number of fused-ring (bicyclic) bond motifs is 10. The van der Waals surface area contributed by atoms with Crippen LogP contribution in [0.4, 0.5) is 51.2 Å². The van der Waals surface area contributed by atoms with Gasteiger partial charge in [-0.3, -0.25) is 0 Å². The second-order valence-electron chi connectivity index (χ2n) is 24.6. The lowest BCUT2D eigenvalue weighted by Gasteiger charge is -2.46. The van der Waals surface area contributed by atoms with Crippen molar-refractivity contribution in [3.05, 3.63) is 221 Å². The Hall–Kier alpha value is -8.28. The maximum Gasteiger partial charge on any atom is 0.252 e. The van der Waals surface area contributed by atoms with Crippen LogP contribution in [0.5, 0.6) is 0 Å². The Balaban J connectivity index is 1.26. The van der Waals surface area contributed by atoms with Crippen molar-refractivity contribution < 1.29 is 43.9 Å². The first-order valence-electron chi connectivity index (χ1n) is 42.3. The molecule has 0 spiro atoms. The van der Waals surface area contributed by atoms with E-state index in [0.717, 1.165) is 4.90 Å². The summed E-state index contributed by atoms with van der Waals surface area (Å²) in [6.45, 7) is 19.2. The molecular weight excluding hydrogens is 968 g/mol. The predicted octanol–water partition coefficient (Wildman–Crippen LogP) is 19.0. The molecule has 0 N–H and O–H groups in total. The molecule has 0 atom stereocenters. The highest BCUT2D eigenvalue weighted by Crippen LogP contribution is 2.54. The minimum atomic E-state index is -2.06. The standard InChI is InChI=1S/C75H71BN4/c1-46-40-66-69-67(41-46)80-68-44-52(75(11,12)13)43-60-59-42-51(74(8,9)10)30-39-63(59)79(70(60)68)64-23-17-22-62(71(64)80)76(69)61-38-37-56(77(53-33-26-49(27-34-53)72(2,3)4)54-35-28-50(29-36-54)73(5,6)7)45-65(61)78(66)55-31-24-48(25-32-55)58-21-16-19-47-18-14-15-20-57(47)58/h14-45H,1-13H3/i14D,15D,16D,17D,18D,19D,20D,21D,22D,23D,24D,25D,26D,27D,28D,29D,30D,31D,32D,33D,34D,35D,36D,37D,38D,39D,40D,41D,42D,43D,44D,45D. The summed E-state index contributed by atoms with van der Waals surface area (Å²) in [5.41, 5.74) is -15.4. The molecule has 10 aromatic carbocycles. The monoisotopic (exact) mass is 1070 g/mol. The Morgan fingerprint density at radius 2 is 0.988 bits per heavy atom. The third-order valence-electron chi connectivity index (χ3n) is 14.7. The zero-order valence-electron chi connectivity index (χ0n) is 78.4. The van der Waals surface area contributed by atoms with Gasteiger partial charge in [0.2, 0.25) is 0 Å². The van der Waals surface area contributed by atoms with Gasteiger partial charge in [0.05, 0.1) is 72.0 Å². The molecule has 0 radical (unpaired) electrons.